The minimum absolute atomic E-state index is 0.291. The van der Waals surface area contributed by atoms with Gasteiger partial charge in [0.1, 0.15) is 11.6 Å². The Morgan fingerprint density at radius 2 is 1.93 bits per heavy atom. The molecular formula is C10H9ClF2O2. The maximum atomic E-state index is 13.5. The molecule has 0 atom stereocenters. The molecule has 0 radical (unpaired) electrons. The highest BCUT2D eigenvalue weighted by Crippen LogP contribution is 2.32. The first kappa shape index (κ1) is 11.9. The highest BCUT2D eigenvalue weighted by atomic mass is 35.5. The van der Waals surface area contributed by atoms with Crippen LogP contribution in [0.15, 0.2) is 12.1 Å². The second-order valence-corrected chi connectivity index (χ2v) is 4.06. The van der Waals surface area contributed by atoms with Gasteiger partial charge in [-0.2, -0.15) is 0 Å². The largest absolute Gasteiger partial charge is 0.481 e. The standard InChI is InChI=1S/C10H9ClF2O2/c1-10(2,9(14)15)7-6(12)4-3-5(11)8(7)13/h3-4H,1-2H3,(H,14,15). The summed E-state index contributed by atoms with van der Waals surface area (Å²) in [6, 6.07) is 2.00. The SMILES string of the molecule is CC(C)(C(=O)O)c1c(F)ccc(Cl)c1F. The van der Waals surface area contributed by atoms with Crippen molar-refractivity contribution in [3.63, 3.8) is 0 Å². The van der Waals surface area contributed by atoms with Crippen LogP contribution in [0, 0.1) is 11.6 Å². The van der Waals surface area contributed by atoms with Gasteiger partial charge in [-0.1, -0.05) is 11.6 Å². The van der Waals surface area contributed by atoms with Crippen LogP contribution in [0.1, 0.15) is 19.4 Å². The number of hydrogen-bond donors (Lipinski definition) is 1. The minimum atomic E-state index is -1.65. The molecule has 0 spiro atoms. The van der Waals surface area contributed by atoms with Gasteiger partial charge in [0.2, 0.25) is 0 Å². The number of rotatable bonds is 2. The number of carboxylic acids is 1. The van der Waals surface area contributed by atoms with Crippen molar-refractivity contribution >= 4 is 17.6 Å². The molecular weight excluding hydrogens is 226 g/mol. The van der Waals surface area contributed by atoms with Crippen LogP contribution in [0.2, 0.25) is 5.02 Å². The van der Waals surface area contributed by atoms with E-state index in [1.165, 1.54) is 13.8 Å². The van der Waals surface area contributed by atoms with Gasteiger partial charge in [-0.25, -0.2) is 8.78 Å². The fraction of sp³-hybridized carbons (Fsp3) is 0.300. The highest BCUT2D eigenvalue weighted by molar-refractivity contribution is 6.30. The van der Waals surface area contributed by atoms with E-state index in [1.54, 1.807) is 0 Å². The monoisotopic (exact) mass is 234 g/mol. The van der Waals surface area contributed by atoms with Crippen molar-refractivity contribution in [2.24, 2.45) is 0 Å². The normalized spacial score (nSPS) is 11.5. The van der Waals surface area contributed by atoms with Gasteiger partial charge < -0.3 is 5.11 Å². The summed E-state index contributed by atoms with van der Waals surface area (Å²) in [5.74, 6) is -3.25. The Balaban J connectivity index is 3.49. The molecule has 1 aromatic rings. The zero-order valence-electron chi connectivity index (χ0n) is 8.14. The molecule has 0 heterocycles. The van der Waals surface area contributed by atoms with Gasteiger partial charge in [-0.15, -0.1) is 0 Å². The zero-order valence-corrected chi connectivity index (χ0v) is 8.90. The lowest BCUT2D eigenvalue weighted by atomic mass is 9.84. The number of hydrogen-bond acceptors (Lipinski definition) is 1. The van der Waals surface area contributed by atoms with Crippen LogP contribution in [-0.2, 0) is 10.2 Å². The van der Waals surface area contributed by atoms with E-state index < -0.39 is 28.6 Å². The molecule has 0 aliphatic rings. The number of halogens is 3. The average molecular weight is 235 g/mol. The van der Waals surface area contributed by atoms with E-state index >= 15 is 0 Å². The third-order valence-electron chi connectivity index (χ3n) is 2.20. The number of aliphatic carboxylic acids is 1. The molecule has 0 bridgehead atoms. The minimum Gasteiger partial charge on any atom is -0.481 e. The second kappa shape index (κ2) is 3.77. The molecule has 2 nitrogen and oxygen atoms in total. The Bertz CT molecular complexity index is 416. The summed E-state index contributed by atoms with van der Waals surface area (Å²) < 4.78 is 26.8. The van der Waals surface area contributed by atoms with Crippen LogP contribution >= 0.6 is 11.6 Å². The molecule has 0 fully saturated rings. The topological polar surface area (TPSA) is 37.3 Å². The molecule has 1 N–H and O–H groups in total. The molecule has 0 aliphatic carbocycles. The molecule has 0 unspecified atom stereocenters. The third kappa shape index (κ3) is 1.95. The summed E-state index contributed by atoms with van der Waals surface area (Å²) in [5.41, 5.74) is -2.18. The fourth-order valence-corrected chi connectivity index (χ4v) is 1.36. The molecule has 0 amide bonds. The average Bonchev–Trinajstić information content (AvgIpc) is 2.11. The maximum absolute atomic E-state index is 13.5. The smallest absolute Gasteiger partial charge is 0.313 e. The van der Waals surface area contributed by atoms with Crippen LogP contribution in [0.3, 0.4) is 0 Å². The first-order valence-electron chi connectivity index (χ1n) is 4.16. The number of benzene rings is 1. The first-order valence-corrected chi connectivity index (χ1v) is 4.53. The van der Waals surface area contributed by atoms with E-state index in [0.717, 1.165) is 12.1 Å². The van der Waals surface area contributed by atoms with Crippen molar-refractivity contribution < 1.29 is 18.7 Å². The Kier molecular flexibility index (Phi) is 3.00. The third-order valence-corrected chi connectivity index (χ3v) is 2.50. The summed E-state index contributed by atoms with van der Waals surface area (Å²) in [7, 11) is 0. The van der Waals surface area contributed by atoms with Crippen LogP contribution in [0.5, 0.6) is 0 Å². The molecule has 0 saturated carbocycles. The summed E-state index contributed by atoms with van der Waals surface area (Å²) in [6.07, 6.45) is 0. The van der Waals surface area contributed by atoms with Crippen LogP contribution < -0.4 is 0 Å². The van der Waals surface area contributed by atoms with E-state index in [0.29, 0.717) is 0 Å². The lowest BCUT2D eigenvalue weighted by molar-refractivity contribution is -0.142. The van der Waals surface area contributed by atoms with E-state index in [-0.39, 0.29) is 5.02 Å². The van der Waals surface area contributed by atoms with Crippen LogP contribution in [0.4, 0.5) is 8.78 Å². The maximum Gasteiger partial charge on any atom is 0.313 e. The Labute approximate surface area is 90.5 Å². The van der Waals surface area contributed by atoms with Gasteiger partial charge in [-0.05, 0) is 26.0 Å². The van der Waals surface area contributed by atoms with Crippen molar-refractivity contribution in [1.82, 2.24) is 0 Å². The lowest BCUT2D eigenvalue weighted by Crippen LogP contribution is -2.31. The lowest BCUT2D eigenvalue weighted by Gasteiger charge is -2.21. The van der Waals surface area contributed by atoms with Crippen LogP contribution in [-0.4, -0.2) is 11.1 Å². The second-order valence-electron chi connectivity index (χ2n) is 3.65. The first-order chi connectivity index (χ1) is 6.78. The molecule has 82 valence electrons. The van der Waals surface area contributed by atoms with Crippen molar-refractivity contribution in [3.8, 4) is 0 Å². The van der Waals surface area contributed by atoms with Gasteiger partial charge in [0.25, 0.3) is 0 Å². The molecule has 0 aliphatic heterocycles. The Hall–Kier alpha value is -1.16. The van der Waals surface area contributed by atoms with Crippen molar-refractivity contribution in [3.05, 3.63) is 34.4 Å². The molecule has 0 saturated heterocycles. The van der Waals surface area contributed by atoms with E-state index in [2.05, 4.69) is 0 Å². The molecule has 1 rings (SSSR count). The van der Waals surface area contributed by atoms with E-state index in [4.69, 9.17) is 16.7 Å². The summed E-state index contributed by atoms with van der Waals surface area (Å²) in [6.45, 7) is 2.43. The van der Waals surface area contributed by atoms with Crippen molar-refractivity contribution in [2.75, 3.05) is 0 Å². The molecule has 5 heteroatoms. The molecule has 0 aromatic heterocycles. The molecule has 15 heavy (non-hydrogen) atoms. The van der Waals surface area contributed by atoms with E-state index in [9.17, 15) is 13.6 Å². The fourth-order valence-electron chi connectivity index (χ4n) is 1.21. The predicted octanol–water partition coefficient (Wildman–Crippen LogP) is 2.98. The number of carbonyl (C=O) groups is 1. The van der Waals surface area contributed by atoms with Gasteiger partial charge in [0.15, 0.2) is 0 Å². The quantitative estimate of drug-likeness (QED) is 0.799. The summed E-state index contributed by atoms with van der Waals surface area (Å²) in [4.78, 5) is 10.9. The Morgan fingerprint density at radius 3 is 2.40 bits per heavy atom. The number of carboxylic acid groups (broad SMARTS) is 1. The van der Waals surface area contributed by atoms with E-state index in [1.807, 2.05) is 0 Å². The molecule has 1 aromatic carbocycles. The zero-order chi connectivity index (χ0) is 11.8. The van der Waals surface area contributed by atoms with Crippen molar-refractivity contribution in [2.45, 2.75) is 19.3 Å². The summed E-state index contributed by atoms with van der Waals surface area (Å²) >= 11 is 5.46. The Morgan fingerprint density at radius 1 is 1.40 bits per heavy atom. The van der Waals surface area contributed by atoms with Gasteiger partial charge in [0, 0.05) is 5.56 Å². The predicted molar refractivity (Wildman–Crippen MR) is 52.0 cm³/mol. The summed E-state index contributed by atoms with van der Waals surface area (Å²) in [5, 5.41) is 8.57. The van der Waals surface area contributed by atoms with Crippen LogP contribution in [0.25, 0.3) is 0 Å². The van der Waals surface area contributed by atoms with Crippen molar-refractivity contribution in [1.29, 1.82) is 0 Å². The highest BCUT2D eigenvalue weighted by Gasteiger charge is 2.35. The van der Waals surface area contributed by atoms with Gasteiger partial charge >= 0.3 is 5.97 Å². The van der Waals surface area contributed by atoms with Gasteiger partial charge in [-0.3, -0.25) is 4.79 Å². The van der Waals surface area contributed by atoms with Gasteiger partial charge in [0.05, 0.1) is 10.4 Å².